The van der Waals surface area contributed by atoms with E-state index >= 15 is 0 Å². The van der Waals surface area contributed by atoms with E-state index in [2.05, 4.69) is 10.4 Å². The largest absolute Gasteiger partial charge is 0.478 e. The summed E-state index contributed by atoms with van der Waals surface area (Å²) >= 11 is 0. The number of amides is 1. The van der Waals surface area contributed by atoms with E-state index < -0.39 is 5.97 Å². The van der Waals surface area contributed by atoms with Crippen LogP contribution in [0.1, 0.15) is 20.3 Å². The number of nitrogens with one attached hydrogen (secondary N) is 1. The van der Waals surface area contributed by atoms with Crippen LogP contribution in [-0.2, 0) is 16.1 Å². The van der Waals surface area contributed by atoms with Gasteiger partial charge < -0.3 is 10.4 Å². The lowest BCUT2D eigenvalue weighted by Gasteiger charge is -2.07. The highest BCUT2D eigenvalue weighted by molar-refractivity contribution is 6.01. The van der Waals surface area contributed by atoms with Crippen molar-refractivity contribution >= 4 is 11.9 Å². The van der Waals surface area contributed by atoms with Crippen LogP contribution < -0.4 is 5.32 Å². The van der Waals surface area contributed by atoms with Crippen molar-refractivity contribution in [2.75, 3.05) is 6.54 Å². The van der Waals surface area contributed by atoms with Gasteiger partial charge in [-0.3, -0.25) is 9.48 Å². The first-order valence-corrected chi connectivity index (χ1v) is 5.68. The number of hydrogen-bond acceptors (Lipinski definition) is 3. The third-order valence-electron chi connectivity index (χ3n) is 2.63. The molecule has 0 fully saturated rings. The molecule has 0 aliphatic heterocycles. The van der Waals surface area contributed by atoms with E-state index in [-0.39, 0.29) is 17.1 Å². The molecule has 98 valence electrons. The van der Waals surface area contributed by atoms with Crippen molar-refractivity contribution in [1.82, 2.24) is 15.1 Å². The van der Waals surface area contributed by atoms with Crippen molar-refractivity contribution in [3.05, 3.63) is 29.6 Å². The summed E-state index contributed by atoms with van der Waals surface area (Å²) in [7, 11) is 0. The third kappa shape index (κ3) is 4.04. The Morgan fingerprint density at radius 2 is 2.06 bits per heavy atom. The molecule has 0 aliphatic rings. The van der Waals surface area contributed by atoms with Gasteiger partial charge in [0, 0.05) is 36.6 Å². The van der Waals surface area contributed by atoms with Gasteiger partial charge in [-0.25, -0.2) is 4.79 Å². The number of nitrogens with zero attached hydrogens (tertiary/aromatic N) is 2. The van der Waals surface area contributed by atoms with Gasteiger partial charge in [0.1, 0.15) is 0 Å². The minimum absolute atomic E-state index is 0.0691. The highest BCUT2D eigenvalue weighted by Crippen LogP contribution is 2.03. The molecular weight excluding hydrogens is 234 g/mol. The first-order valence-electron chi connectivity index (χ1n) is 5.68. The van der Waals surface area contributed by atoms with Gasteiger partial charge in [-0.1, -0.05) is 0 Å². The second-order valence-electron chi connectivity index (χ2n) is 3.93. The lowest BCUT2D eigenvalue weighted by molar-refractivity contribution is -0.133. The summed E-state index contributed by atoms with van der Waals surface area (Å²) in [5, 5.41) is 15.5. The third-order valence-corrected chi connectivity index (χ3v) is 2.63. The number of hydrogen-bond donors (Lipinski definition) is 2. The topological polar surface area (TPSA) is 84.2 Å². The zero-order valence-corrected chi connectivity index (χ0v) is 10.5. The van der Waals surface area contributed by atoms with Crippen molar-refractivity contribution in [2.24, 2.45) is 0 Å². The lowest BCUT2D eigenvalue weighted by atomic mass is 10.1. The van der Waals surface area contributed by atoms with Gasteiger partial charge in [-0.05, 0) is 26.3 Å². The van der Waals surface area contributed by atoms with Gasteiger partial charge in [-0.15, -0.1) is 0 Å². The predicted octanol–water partition coefficient (Wildman–Crippen LogP) is 0.810. The predicted molar refractivity (Wildman–Crippen MR) is 65.9 cm³/mol. The van der Waals surface area contributed by atoms with Crippen molar-refractivity contribution in [2.45, 2.75) is 26.8 Å². The Kier molecular flexibility index (Phi) is 5.10. The summed E-state index contributed by atoms with van der Waals surface area (Å²) in [6.07, 6.45) is 4.29. The van der Waals surface area contributed by atoms with E-state index in [1.165, 1.54) is 13.8 Å². The standard InChI is InChI=1S/C12H17N3O3/c1-9(10(2)12(17)18)11(16)13-5-3-7-15-8-4-6-14-15/h4,6,8H,3,5,7H2,1-2H3,(H,13,16)(H,17,18)/b10-9+. The molecule has 0 saturated carbocycles. The van der Waals surface area contributed by atoms with Crippen LogP contribution in [0.2, 0.25) is 0 Å². The molecule has 0 atom stereocenters. The number of rotatable bonds is 6. The summed E-state index contributed by atoms with van der Waals surface area (Å²) in [5.41, 5.74) is 0.307. The molecule has 0 radical (unpaired) electrons. The summed E-state index contributed by atoms with van der Waals surface area (Å²) in [5.74, 6) is -1.41. The van der Waals surface area contributed by atoms with Gasteiger partial charge in [0.25, 0.3) is 0 Å². The normalized spacial score (nSPS) is 11.9. The van der Waals surface area contributed by atoms with Crippen LogP contribution in [0.15, 0.2) is 29.6 Å². The van der Waals surface area contributed by atoms with Crippen molar-refractivity contribution in [3.63, 3.8) is 0 Å². The number of carbonyl (C=O) groups is 2. The van der Waals surface area contributed by atoms with Gasteiger partial charge >= 0.3 is 5.97 Å². The molecule has 1 aromatic heterocycles. The smallest absolute Gasteiger partial charge is 0.331 e. The van der Waals surface area contributed by atoms with Gasteiger partial charge in [0.2, 0.25) is 5.91 Å². The van der Waals surface area contributed by atoms with E-state index in [0.29, 0.717) is 13.1 Å². The Labute approximate surface area is 105 Å². The number of carboxylic acids is 1. The Morgan fingerprint density at radius 1 is 1.33 bits per heavy atom. The van der Waals surface area contributed by atoms with Crippen LogP contribution in [0, 0.1) is 0 Å². The number of aryl methyl sites for hydroxylation is 1. The first-order chi connectivity index (χ1) is 8.52. The molecule has 1 amide bonds. The quantitative estimate of drug-likeness (QED) is 0.579. The Bertz CT molecular complexity index is 449. The summed E-state index contributed by atoms with van der Waals surface area (Å²) < 4.78 is 1.78. The fraction of sp³-hybridized carbons (Fsp3) is 0.417. The molecule has 2 N–H and O–H groups in total. The molecule has 18 heavy (non-hydrogen) atoms. The molecule has 0 aliphatic carbocycles. The van der Waals surface area contributed by atoms with Crippen LogP contribution in [0.5, 0.6) is 0 Å². The average Bonchev–Trinajstić information content (AvgIpc) is 2.85. The van der Waals surface area contributed by atoms with Crippen LogP contribution in [0.25, 0.3) is 0 Å². The maximum Gasteiger partial charge on any atom is 0.331 e. The number of aromatic nitrogens is 2. The molecule has 1 rings (SSSR count). The second-order valence-corrected chi connectivity index (χ2v) is 3.93. The average molecular weight is 251 g/mol. The Morgan fingerprint density at radius 3 is 2.61 bits per heavy atom. The van der Waals surface area contributed by atoms with E-state index in [1.54, 1.807) is 10.9 Å². The van der Waals surface area contributed by atoms with E-state index in [4.69, 9.17) is 5.11 Å². The van der Waals surface area contributed by atoms with Crippen molar-refractivity contribution in [1.29, 1.82) is 0 Å². The maximum atomic E-state index is 11.6. The fourth-order valence-electron chi connectivity index (χ4n) is 1.34. The molecule has 0 bridgehead atoms. The fourth-order valence-corrected chi connectivity index (χ4v) is 1.34. The molecule has 6 heteroatoms. The van der Waals surface area contributed by atoms with E-state index in [1.807, 2.05) is 12.3 Å². The zero-order valence-electron chi connectivity index (χ0n) is 10.5. The molecule has 6 nitrogen and oxygen atoms in total. The minimum Gasteiger partial charge on any atom is -0.478 e. The molecule has 0 unspecified atom stereocenters. The van der Waals surface area contributed by atoms with Crippen molar-refractivity contribution < 1.29 is 14.7 Å². The van der Waals surface area contributed by atoms with E-state index in [0.717, 1.165) is 6.42 Å². The van der Waals surface area contributed by atoms with Crippen LogP contribution in [0.3, 0.4) is 0 Å². The highest BCUT2D eigenvalue weighted by Gasteiger charge is 2.11. The Hall–Kier alpha value is -2.11. The van der Waals surface area contributed by atoms with E-state index in [9.17, 15) is 9.59 Å². The minimum atomic E-state index is -1.07. The second kappa shape index (κ2) is 6.58. The maximum absolute atomic E-state index is 11.6. The monoisotopic (exact) mass is 251 g/mol. The van der Waals surface area contributed by atoms with Gasteiger partial charge in [0.15, 0.2) is 0 Å². The molecule has 0 saturated heterocycles. The molecule has 0 spiro atoms. The van der Waals surface area contributed by atoms with Gasteiger partial charge in [-0.2, -0.15) is 5.10 Å². The highest BCUT2D eigenvalue weighted by atomic mass is 16.4. The molecule has 1 heterocycles. The first kappa shape index (κ1) is 14.0. The van der Waals surface area contributed by atoms with Gasteiger partial charge in [0.05, 0.1) is 0 Å². The number of aliphatic carboxylic acids is 1. The summed E-state index contributed by atoms with van der Waals surface area (Å²) in [6, 6.07) is 1.84. The van der Waals surface area contributed by atoms with Crippen molar-refractivity contribution in [3.8, 4) is 0 Å². The Balaban J connectivity index is 2.33. The zero-order chi connectivity index (χ0) is 13.5. The van der Waals surface area contributed by atoms with Crippen LogP contribution >= 0.6 is 0 Å². The summed E-state index contributed by atoms with van der Waals surface area (Å²) in [6.45, 7) is 4.13. The number of carboxylic acid groups (broad SMARTS) is 1. The number of carbonyl (C=O) groups excluding carboxylic acids is 1. The molecular formula is C12H17N3O3. The van der Waals surface area contributed by atoms with Crippen LogP contribution in [-0.4, -0.2) is 33.3 Å². The summed E-state index contributed by atoms with van der Waals surface area (Å²) in [4.78, 5) is 22.3. The SMILES string of the molecule is C/C(C(=O)O)=C(/C)C(=O)NCCCn1cccn1. The molecule has 0 aromatic carbocycles. The lowest BCUT2D eigenvalue weighted by Crippen LogP contribution is -2.27. The van der Waals surface area contributed by atoms with Crippen LogP contribution in [0.4, 0.5) is 0 Å². The molecule has 1 aromatic rings.